The molecule has 0 fully saturated rings. The maximum Gasteiger partial charge on any atom is 0.152 e. The standard InChI is InChI=1S/C9H6INO/c10-9-8(6-12-11-9)7-4-2-1-3-5-7/h1-6H. The van der Waals surface area contributed by atoms with Crippen LogP contribution < -0.4 is 0 Å². The van der Waals surface area contributed by atoms with E-state index in [0.717, 1.165) is 14.8 Å². The molecule has 2 aromatic rings. The highest BCUT2D eigenvalue weighted by molar-refractivity contribution is 14.1. The molecule has 0 bridgehead atoms. The predicted molar refractivity (Wildman–Crippen MR) is 54.7 cm³/mol. The van der Waals surface area contributed by atoms with Crippen molar-refractivity contribution in [2.24, 2.45) is 0 Å². The van der Waals surface area contributed by atoms with Crippen LogP contribution in [-0.2, 0) is 0 Å². The summed E-state index contributed by atoms with van der Waals surface area (Å²) in [7, 11) is 0. The van der Waals surface area contributed by atoms with Crippen LogP contribution >= 0.6 is 22.6 Å². The first kappa shape index (κ1) is 7.79. The van der Waals surface area contributed by atoms with Crippen LogP contribution in [0.1, 0.15) is 0 Å². The molecule has 2 nitrogen and oxygen atoms in total. The van der Waals surface area contributed by atoms with Gasteiger partial charge in [0, 0.05) is 0 Å². The first-order valence-corrected chi connectivity index (χ1v) is 4.61. The summed E-state index contributed by atoms with van der Waals surface area (Å²) in [4.78, 5) is 0. The van der Waals surface area contributed by atoms with E-state index < -0.39 is 0 Å². The van der Waals surface area contributed by atoms with Gasteiger partial charge in [-0.2, -0.15) is 0 Å². The Kier molecular flexibility index (Phi) is 2.12. The number of nitrogens with zero attached hydrogens (tertiary/aromatic N) is 1. The van der Waals surface area contributed by atoms with Gasteiger partial charge in [0.15, 0.2) is 3.70 Å². The molecule has 0 radical (unpaired) electrons. The molecule has 0 saturated heterocycles. The third kappa shape index (κ3) is 1.36. The minimum atomic E-state index is 0.902. The van der Waals surface area contributed by atoms with Gasteiger partial charge < -0.3 is 4.52 Å². The highest BCUT2D eigenvalue weighted by Crippen LogP contribution is 2.23. The fourth-order valence-corrected chi connectivity index (χ4v) is 1.58. The summed E-state index contributed by atoms with van der Waals surface area (Å²) in [6.45, 7) is 0. The number of halogens is 1. The zero-order valence-corrected chi connectivity index (χ0v) is 8.36. The lowest BCUT2D eigenvalue weighted by atomic mass is 10.1. The lowest BCUT2D eigenvalue weighted by Gasteiger charge is -1.93. The van der Waals surface area contributed by atoms with Crippen molar-refractivity contribution in [3.8, 4) is 11.1 Å². The number of aromatic nitrogens is 1. The Balaban J connectivity index is 2.51. The van der Waals surface area contributed by atoms with Gasteiger partial charge in [-0.15, -0.1) is 0 Å². The largest absolute Gasteiger partial charge is 0.363 e. The fraction of sp³-hybridized carbons (Fsp3) is 0. The maximum atomic E-state index is 4.84. The van der Waals surface area contributed by atoms with Crippen LogP contribution in [0.4, 0.5) is 0 Å². The summed E-state index contributed by atoms with van der Waals surface area (Å²) in [6, 6.07) is 10.1. The van der Waals surface area contributed by atoms with Gasteiger partial charge in [-0.25, -0.2) is 0 Å². The van der Waals surface area contributed by atoms with E-state index in [1.807, 2.05) is 30.3 Å². The molecule has 1 aromatic heterocycles. The second-order valence-electron chi connectivity index (χ2n) is 2.39. The van der Waals surface area contributed by atoms with Gasteiger partial charge in [-0.05, 0) is 28.2 Å². The molecule has 0 unspecified atom stereocenters. The molecule has 2 rings (SSSR count). The summed E-state index contributed by atoms with van der Waals surface area (Å²) in [5.41, 5.74) is 2.19. The Hall–Kier alpha value is -0.840. The van der Waals surface area contributed by atoms with E-state index in [4.69, 9.17) is 4.52 Å². The van der Waals surface area contributed by atoms with Crippen LogP contribution in [0.5, 0.6) is 0 Å². The highest BCUT2D eigenvalue weighted by Gasteiger charge is 2.04. The molecule has 12 heavy (non-hydrogen) atoms. The zero-order valence-electron chi connectivity index (χ0n) is 6.20. The molecule has 0 aliphatic carbocycles. The van der Waals surface area contributed by atoms with Gasteiger partial charge in [-0.3, -0.25) is 0 Å². The van der Waals surface area contributed by atoms with Crippen molar-refractivity contribution < 1.29 is 4.52 Å². The number of hydrogen-bond acceptors (Lipinski definition) is 2. The van der Waals surface area contributed by atoms with Crippen LogP contribution in [0.3, 0.4) is 0 Å². The van der Waals surface area contributed by atoms with E-state index in [9.17, 15) is 0 Å². The Morgan fingerprint density at radius 2 is 1.92 bits per heavy atom. The van der Waals surface area contributed by atoms with Gasteiger partial charge in [0.1, 0.15) is 6.26 Å². The van der Waals surface area contributed by atoms with Crippen LogP contribution in [0.2, 0.25) is 0 Å². The molecule has 0 saturated carbocycles. The van der Waals surface area contributed by atoms with Gasteiger partial charge >= 0.3 is 0 Å². The SMILES string of the molecule is Ic1nocc1-c1ccccc1. The Bertz CT molecular complexity index is 369. The van der Waals surface area contributed by atoms with Crippen molar-refractivity contribution in [3.63, 3.8) is 0 Å². The van der Waals surface area contributed by atoms with Gasteiger partial charge in [0.2, 0.25) is 0 Å². The topological polar surface area (TPSA) is 26.0 Å². The summed E-state index contributed by atoms with van der Waals surface area (Å²) in [6.07, 6.45) is 1.66. The molecule has 0 spiro atoms. The molecule has 0 amide bonds. The predicted octanol–water partition coefficient (Wildman–Crippen LogP) is 2.95. The minimum absolute atomic E-state index is 0.902. The summed E-state index contributed by atoms with van der Waals surface area (Å²) in [5.74, 6) is 0. The van der Waals surface area contributed by atoms with Crippen molar-refractivity contribution in [2.45, 2.75) is 0 Å². The smallest absolute Gasteiger partial charge is 0.152 e. The van der Waals surface area contributed by atoms with E-state index in [0.29, 0.717) is 0 Å². The van der Waals surface area contributed by atoms with Crippen LogP contribution in [-0.4, -0.2) is 5.16 Å². The Labute approximate surface area is 83.7 Å². The van der Waals surface area contributed by atoms with E-state index in [2.05, 4.69) is 27.7 Å². The number of benzene rings is 1. The van der Waals surface area contributed by atoms with Gasteiger partial charge in [0.05, 0.1) is 5.56 Å². The molecule has 3 heteroatoms. The van der Waals surface area contributed by atoms with Crippen LogP contribution in [0.25, 0.3) is 11.1 Å². The molecule has 0 aliphatic rings. The monoisotopic (exact) mass is 271 g/mol. The highest BCUT2D eigenvalue weighted by atomic mass is 127. The molecular formula is C9H6INO. The molecule has 1 aromatic carbocycles. The quantitative estimate of drug-likeness (QED) is 0.745. The normalized spacial score (nSPS) is 10.1. The Morgan fingerprint density at radius 3 is 2.50 bits per heavy atom. The molecule has 0 atom stereocenters. The van der Waals surface area contributed by atoms with Gasteiger partial charge in [-0.1, -0.05) is 35.5 Å². The second-order valence-corrected chi connectivity index (χ2v) is 3.41. The zero-order chi connectivity index (χ0) is 8.39. The average molecular weight is 271 g/mol. The van der Waals surface area contributed by atoms with E-state index >= 15 is 0 Å². The summed E-state index contributed by atoms with van der Waals surface area (Å²) < 4.78 is 5.74. The lowest BCUT2D eigenvalue weighted by Crippen LogP contribution is -1.76. The molecule has 0 N–H and O–H groups in total. The van der Waals surface area contributed by atoms with Crippen molar-refractivity contribution in [1.82, 2.24) is 5.16 Å². The van der Waals surface area contributed by atoms with Crippen molar-refractivity contribution in [3.05, 3.63) is 40.3 Å². The molecular weight excluding hydrogens is 265 g/mol. The summed E-state index contributed by atoms with van der Waals surface area (Å²) >= 11 is 2.15. The van der Waals surface area contributed by atoms with E-state index in [1.165, 1.54) is 0 Å². The first-order chi connectivity index (χ1) is 5.88. The third-order valence-corrected chi connectivity index (χ3v) is 2.39. The first-order valence-electron chi connectivity index (χ1n) is 3.53. The van der Waals surface area contributed by atoms with Gasteiger partial charge in [0.25, 0.3) is 0 Å². The second kappa shape index (κ2) is 3.26. The third-order valence-electron chi connectivity index (χ3n) is 1.61. The molecule has 60 valence electrons. The fourth-order valence-electron chi connectivity index (χ4n) is 1.03. The van der Waals surface area contributed by atoms with Crippen LogP contribution in [0, 0.1) is 3.70 Å². The summed E-state index contributed by atoms with van der Waals surface area (Å²) in [5, 5.41) is 3.80. The molecule has 1 heterocycles. The molecule has 0 aliphatic heterocycles. The Morgan fingerprint density at radius 1 is 1.17 bits per heavy atom. The average Bonchev–Trinajstić information content (AvgIpc) is 2.53. The lowest BCUT2D eigenvalue weighted by molar-refractivity contribution is 0.415. The van der Waals surface area contributed by atoms with Crippen molar-refractivity contribution >= 4 is 22.6 Å². The number of rotatable bonds is 1. The van der Waals surface area contributed by atoms with E-state index in [1.54, 1.807) is 6.26 Å². The number of hydrogen-bond donors (Lipinski definition) is 0. The minimum Gasteiger partial charge on any atom is -0.363 e. The van der Waals surface area contributed by atoms with Crippen molar-refractivity contribution in [2.75, 3.05) is 0 Å². The van der Waals surface area contributed by atoms with E-state index in [-0.39, 0.29) is 0 Å². The van der Waals surface area contributed by atoms with Crippen LogP contribution in [0.15, 0.2) is 41.1 Å². The van der Waals surface area contributed by atoms with Crippen molar-refractivity contribution in [1.29, 1.82) is 0 Å². The maximum absolute atomic E-state index is 4.84.